The Hall–Kier alpha value is -2.33. The van der Waals surface area contributed by atoms with Crippen molar-refractivity contribution in [2.75, 3.05) is 31.1 Å². The smallest absolute Gasteiger partial charge is 0.363 e. The highest BCUT2D eigenvalue weighted by Crippen LogP contribution is 2.18. The minimum atomic E-state index is -0.488. The normalized spacial score (nSPS) is 15.8. The van der Waals surface area contributed by atoms with Crippen LogP contribution in [0.15, 0.2) is 24.7 Å². The molecule has 1 fully saturated rings. The van der Waals surface area contributed by atoms with Crippen molar-refractivity contribution in [3.63, 3.8) is 0 Å². The third-order valence-electron chi connectivity index (χ3n) is 3.88. The summed E-state index contributed by atoms with van der Waals surface area (Å²) in [6.07, 6.45) is 3.27. The molecule has 1 aliphatic rings. The van der Waals surface area contributed by atoms with Crippen molar-refractivity contribution in [2.45, 2.75) is 6.67 Å². The second-order valence-electron chi connectivity index (χ2n) is 5.40. The SMILES string of the molecule is Cn1cnn(CN2CCN(c3ccc([N+](=O)[O-])nc3)CC2)c1=S. The molecule has 0 bridgehead atoms. The second-order valence-corrected chi connectivity index (χ2v) is 5.77. The first-order chi connectivity index (χ1) is 11.0. The molecule has 3 rings (SSSR count). The number of nitrogens with zero attached hydrogens (tertiary/aromatic N) is 7. The van der Waals surface area contributed by atoms with Crippen LogP contribution in [0.4, 0.5) is 11.5 Å². The first-order valence-electron chi connectivity index (χ1n) is 7.21. The van der Waals surface area contributed by atoms with E-state index in [-0.39, 0.29) is 5.82 Å². The number of aryl methyl sites for hydroxylation is 1. The van der Waals surface area contributed by atoms with E-state index < -0.39 is 4.92 Å². The Morgan fingerprint density at radius 2 is 2.04 bits per heavy atom. The quantitative estimate of drug-likeness (QED) is 0.469. The van der Waals surface area contributed by atoms with Crippen LogP contribution in [0.3, 0.4) is 0 Å². The molecule has 0 spiro atoms. The van der Waals surface area contributed by atoms with Gasteiger partial charge in [-0.1, -0.05) is 0 Å². The molecule has 0 amide bonds. The molecule has 2 aromatic rings. The fourth-order valence-corrected chi connectivity index (χ4v) is 2.68. The molecule has 0 unspecified atom stereocenters. The van der Waals surface area contributed by atoms with Gasteiger partial charge in [0.15, 0.2) is 11.0 Å². The molecule has 2 aromatic heterocycles. The Morgan fingerprint density at radius 1 is 1.30 bits per heavy atom. The van der Waals surface area contributed by atoms with E-state index in [1.807, 2.05) is 11.6 Å². The van der Waals surface area contributed by atoms with Crippen molar-refractivity contribution in [3.05, 3.63) is 39.5 Å². The van der Waals surface area contributed by atoms with Gasteiger partial charge in [0, 0.05) is 39.3 Å². The van der Waals surface area contributed by atoms with Crippen molar-refractivity contribution in [3.8, 4) is 0 Å². The molecule has 0 radical (unpaired) electrons. The summed E-state index contributed by atoms with van der Waals surface area (Å²) < 4.78 is 4.32. The minimum absolute atomic E-state index is 0.128. The highest BCUT2D eigenvalue weighted by molar-refractivity contribution is 7.71. The van der Waals surface area contributed by atoms with Crippen molar-refractivity contribution in [2.24, 2.45) is 7.05 Å². The molecule has 1 saturated heterocycles. The number of rotatable bonds is 4. The van der Waals surface area contributed by atoms with Crippen LogP contribution in [-0.2, 0) is 13.7 Å². The lowest BCUT2D eigenvalue weighted by Gasteiger charge is -2.35. The molecular formula is C13H17N7O2S. The summed E-state index contributed by atoms with van der Waals surface area (Å²) in [6.45, 7) is 4.08. The van der Waals surface area contributed by atoms with E-state index >= 15 is 0 Å². The van der Waals surface area contributed by atoms with E-state index in [0.717, 1.165) is 31.9 Å². The molecule has 0 aliphatic carbocycles. The maximum Gasteiger partial charge on any atom is 0.363 e. The van der Waals surface area contributed by atoms with Gasteiger partial charge in [-0.05, 0) is 28.2 Å². The van der Waals surface area contributed by atoms with Crippen LogP contribution in [0.25, 0.3) is 0 Å². The van der Waals surface area contributed by atoms with Gasteiger partial charge in [-0.25, -0.2) is 4.68 Å². The second kappa shape index (κ2) is 6.42. The Kier molecular flexibility index (Phi) is 4.35. The topological polar surface area (TPSA) is 85.3 Å². The molecule has 9 nitrogen and oxygen atoms in total. The van der Waals surface area contributed by atoms with E-state index in [2.05, 4.69) is 19.9 Å². The number of pyridine rings is 1. The average molecular weight is 335 g/mol. The zero-order valence-electron chi connectivity index (χ0n) is 12.7. The van der Waals surface area contributed by atoms with Gasteiger partial charge in [0.1, 0.15) is 6.33 Å². The number of hydrogen-bond donors (Lipinski definition) is 0. The number of hydrogen-bond acceptors (Lipinski definition) is 7. The van der Waals surface area contributed by atoms with E-state index in [4.69, 9.17) is 12.2 Å². The van der Waals surface area contributed by atoms with Crippen molar-refractivity contribution < 1.29 is 4.92 Å². The fraction of sp³-hybridized carbons (Fsp3) is 0.462. The van der Waals surface area contributed by atoms with Gasteiger partial charge >= 0.3 is 5.82 Å². The lowest BCUT2D eigenvalue weighted by Crippen LogP contribution is -2.47. The van der Waals surface area contributed by atoms with E-state index in [1.165, 1.54) is 6.07 Å². The Bertz CT molecular complexity index is 746. The Balaban J connectivity index is 1.58. The van der Waals surface area contributed by atoms with Gasteiger partial charge in [0.25, 0.3) is 0 Å². The molecule has 23 heavy (non-hydrogen) atoms. The van der Waals surface area contributed by atoms with Gasteiger partial charge in [-0.15, -0.1) is 0 Å². The van der Waals surface area contributed by atoms with Crippen molar-refractivity contribution in [1.82, 2.24) is 24.2 Å². The van der Waals surface area contributed by atoms with E-state index in [0.29, 0.717) is 11.4 Å². The van der Waals surface area contributed by atoms with Gasteiger partial charge in [-0.3, -0.25) is 4.90 Å². The monoisotopic (exact) mass is 335 g/mol. The molecular weight excluding hydrogens is 318 g/mol. The summed E-state index contributed by atoms with van der Waals surface area (Å²) in [5, 5.41) is 14.9. The molecule has 1 aliphatic heterocycles. The maximum atomic E-state index is 10.6. The van der Waals surface area contributed by atoms with Gasteiger partial charge in [-0.2, -0.15) is 5.10 Å². The van der Waals surface area contributed by atoms with E-state index in [9.17, 15) is 10.1 Å². The average Bonchev–Trinajstić information content (AvgIpc) is 2.88. The van der Waals surface area contributed by atoms with Crippen LogP contribution in [0.5, 0.6) is 0 Å². The molecule has 0 aromatic carbocycles. The predicted octanol–water partition coefficient (Wildman–Crippen LogP) is 1.03. The van der Waals surface area contributed by atoms with Gasteiger partial charge < -0.3 is 19.6 Å². The summed E-state index contributed by atoms with van der Waals surface area (Å²) in [4.78, 5) is 18.5. The predicted molar refractivity (Wildman–Crippen MR) is 86.7 cm³/mol. The maximum absolute atomic E-state index is 10.6. The summed E-state index contributed by atoms with van der Waals surface area (Å²) in [5.41, 5.74) is 0.907. The summed E-state index contributed by atoms with van der Waals surface area (Å²) >= 11 is 5.29. The van der Waals surface area contributed by atoms with Crippen molar-refractivity contribution >= 4 is 23.7 Å². The Morgan fingerprint density at radius 3 is 2.57 bits per heavy atom. The third kappa shape index (κ3) is 3.37. The highest BCUT2D eigenvalue weighted by Gasteiger charge is 2.19. The minimum Gasteiger partial charge on any atom is -0.366 e. The lowest BCUT2D eigenvalue weighted by molar-refractivity contribution is -0.389. The number of anilines is 1. The van der Waals surface area contributed by atoms with Crippen LogP contribution in [-0.4, -0.2) is 55.3 Å². The summed E-state index contributed by atoms with van der Waals surface area (Å²) in [7, 11) is 1.88. The summed E-state index contributed by atoms with van der Waals surface area (Å²) in [6, 6.07) is 3.19. The van der Waals surface area contributed by atoms with E-state index in [1.54, 1.807) is 23.3 Å². The van der Waals surface area contributed by atoms with Crippen LogP contribution in [0.1, 0.15) is 0 Å². The first kappa shape index (κ1) is 15.6. The summed E-state index contributed by atoms with van der Waals surface area (Å²) in [5.74, 6) is -0.128. The highest BCUT2D eigenvalue weighted by atomic mass is 32.1. The standard InChI is InChI=1S/C13H17N7O2S/c1-16-9-15-19(13(16)23)10-17-4-6-18(7-5-17)11-2-3-12(14-8-11)20(21)22/h2-3,8-9H,4-7,10H2,1H3. The number of aromatic nitrogens is 4. The van der Waals surface area contributed by atoms with Gasteiger partial charge in [0.05, 0.1) is 12.4 Å². The largest absolute Gasteiger partial charge is 0.366 e. The molecule has 122 valence electrons. The number of piperazine rings is 1. The van der Waals surface area contributed by atoms with Crippen LogP contribution >= 0.6 is 12.2 Å². The van der Waals surface area contributed by atoms with Crippen LogP contribution in [0.2, 0.25) is 0 Å². The number of nitro groups is 1. The first-order valence-corrected chi connectivity index (χ1v) is 7.61. The fourth-order valence-electron chi connectivity index (χ4n) is 2.53. The third-order valence-corrected chi connectivity index (χ3v) is 4.38. The zero-order chi connectivity index (χ0) is 16.4. The molecule has 0 N–H and O–H groups in total. The molecule has 10 heteroatoms. The van der Waals surface area contributed by atoms with Gasteiger partial charge in [0.2, 0.25) is 0 Å². The Labute approximate surface area is 137 Å². The van der Waals surface area contributed by atoms with Crippen molar-refractivity contribution in [1.29, 1.82) is 0 Å². The molecule has 0 saturated carbocycles. The zero-order valence-corrected chi connectivity index (χ0v) is 13.5. The lowest BCUT2D eigenvalue weighted by atomic mass is 10.3. The molecule has 3 heterocycles. The van der Waals surface area contributed by atoms with Crippen LogP contribution in [0, 0.1) is 14.9 Å². The molecule has 0 atom stereocenters. The van der Waals surface area contributed by atoms with Crippen LogP contribution < -0.4 is 4.90 Å².